The van der Waals surface area contributed by atoms with Crippen molar-refractivity contribution in [3.63, 3.8) is 0 Å². The molecular formula is C15H20N4O. The Labute approximate surface area is 119 Å². The Hall–Kier alpha value is -2.30. The molecule has 0 atom stereocenters. The molecule has 0 aliphatic carbocycles. The molecule has 1 aromatic heterocycles. The van der Waals surface area contributed by atoms with Crippen LogP contribution in [0.1, 0.15) is 19.4 Å². The monoisotopic (exact) mass is 272 g/mol. The van der Waals surface area contributed by atoms with E-state index in [-0.39, 0.29) is 0 Å². The van der Waals surface area contributed by atoms with E-state index in [4.69, 9.17) is 10.5 Å². The van der Waals surface area contributed by atoms with Crippen molar-refractivity contribution in [2.24, 2.45) is 0 Å². The lowest BCUT2D eigenvalue weighted by Crippen LogP contribution is -2.23. The summed E-state index contributed by atoms with van der Waals surface area (Å²) in [6, 6.07) is 9.72. The first kappa shape index (κ1) is 14.1. The first-order valence-corrected chi connectivity index (χ1v) is 6.77. The number of hydrogen-bond donors (Lipinski definition) is 1. The Balaban J connectivity index is 2.20. The highest BCUT2D eigenvalue weighted by Gasteiger charge is 2.10. The van der Waals surface area contributed by atoms with Gasteiger partial charge >= 0.3 is 0 Å². The zero-order valence-electron chi connectivity index (χ0n) is 11.9. The van der Waals surface area contributed by atoms with Crippen molar-refractivity contribution in [2.75, 3.05) is 23.8 Å². The highest BCUT2D eigenvalue weighted by atomic mass is 16.5. The summed E-state index contributed by atoms with van der Waals surface area (Å²) in [7, 11) is 0. The Morgan fingerprint density at radius 3 is 2.70 bits per heavy atom. The zero-order valence-corrected chi connectivity index (χ0v) is 11.9. The molecule has 0 radical (unpaired) electrons. The van der Waals surface area contributed by atoms with Gasteiger partial charge in [-0.1, -0.05) is 18.2 Å². The minimum atomic E-state index is 0.591. The van der Waals surface area contributed by atoms with Crippen LogP contribution >= 0.6 is 0 Å². The Morgan fingerprint density at radius 1 is 1.20 bits per heavy atom. The molecule has 5 heteroatoms. The SMILES string of the molecule is CCOc1cc(N(CC)Cc2ccccc2N)ncn1. The maximum absolute atomic E-state index is 6.00. The molecule has 5 nitrogen and oxygen atoms in total. The van der Waals surface area contributed by atoms with Gasteiger partial charge in [0.1, 0.15) is 12.1 Å². The molecule has 0 saturated carbocycles. The zero-order chi connectivity index (χ0) is 14.4. The van der Waals surface area contributed by atoms with E-state index < -0.39 is 0 Å². The lowest BCUT2D eigenvalue weighted by atomic mass is 10.1. The minimum absolute atomic E-state index is 0.591. The van der Waals surface area contributed by atoms with Gasteiger partial charge in [-0.3, -0.25) is 0 Å². The average Bonchev–Trinajstić information content (AvgIpc) is 2.47. The van der Waals surface area contributed by atoms with Crippen LogP contribution in [0.5, 0.6) is 5.88 Å². The fourth-order valence-corrected chi connectivity index (χ4v) is 1.97. The summed E-state index contributed by atoms with van der Waals surface area (Å²) >= 11 is 0. The van der Waals surface area contributed by atoms with Crippen molar-refractivity contribution in [1.29, 1.82) is 0 Å². The highest BCUT2D eigenvalue weighted by Crippen LogP contribution is 2.20. The van der Waals surface area contributed by atoms with Crippen LogP contribution in [-0.4, -0.2) is 23.1 Å². The predicted molar refractivity (Wildman–Crippen MR) is 80.8 cm³/mol. The Kier molecular flexibility index (Phi) is 4.76. The molecular weight excluding hydrogens is 252 g/mol. The van der Waals surface area contributed by atoms with Crippen molar-refractivity contribution in [3.8, 4) is 5.88 Å². The fraction of sp³-hybridized carbons (Fsp3) is 0.333. The standard InChI is InChI=1S/C15H20N4O/c1-3-19(10-12-7-5-6-8-13(12)16)14-9-15(20-4-2)18-11-17-14/h5-9,11H,3-4,10,16H2,1-2H3. The van der Waals surface area contributed by atoms with Gasteiger partial charge in [0.2, 0.25) is 5.88 Å². The fourth-order valence-electron chi connectivity index (χ4n) is 1.97. The summed E-state index contributed by atoms with van der Waals surface area (Å²) in [6.45, 7) is 6.16. The van der Waals surface area contributed by atoms with Crippen molar-refractivity contribution >= 4 is 11.5 Å². The highest BCUT2D eigenvalue weighted by molar-refractivity contribution is 5.50. The van der Waals surface area contributed by atoms with Crippen LogP contribution in [0, 0.1) is 0 Å². The summed E-state index contributed by atoms with van der Waals surface area (Å²) in [5, 5.41) is 0. The van der Waals surface area contributed by atoms with Crippen LogP contribution in [0.3, 0.4) is 0 Å². The van der Waals surface area contributed by atoms with E-state index in [2.05, 4.69) is 21.8 Å². The first-order chi connectivity index (χ1) is 9.74. The van der Waals surface area contributed by atoms with Gasteiger partial charge in [0.15, 0.2) is 0 Å². The minimum Gasteiger partial charge on any atom is -0.478 e. The second-order valence-electron chi connectivity index (χ2n) is 4.36. The molecule has 106 valence electrons. The number of aromatic nitrogens is 2. The second-order valence-corrected chi connectivity index (χ2v) is 4.36. The lowest BCUT2D eigenvalue weighted by molar-refractivity contribution is 0.326. The third-order valence-corrected chi connectivity index (χ3v) is 3.04. The number of nitrogens with zero attached hydrogens (tertiary/aromatic N) is 3. The van der Waals surface area contributed by atoms with Crippen molar-refractivity contribution in [3.05, 3.63) is 42.2 Å². The smallest absolute Gasteiger partial charge is 0.218 e. The topological polar surface area (TPSA) is 64.3 Å². The van der Waals surface area contributed by atoms with E-state index in [1.165, 1.54) is 6.33 Å². The molecule has 2 aromatic rings. The number of benzene rings is 1. The molecule has 0 spiro atoms. The number of hydrogen-bond acceptors (Lipinski definition) is 5. The van der Waals surface area contributed by atoms with Gasteiger partial charge < -0.3 is 15.4 Å². The first-order valence-electron chi connectivity index (χ1n) is 6.77. The van der Waals surface area contributed by atoms with Crippen LogP contribution in [0.15, 0.2) is 36.7 Å². The third kappa shape index (κ3) is 3.38. The molecule has 0 unspecified atom stereocenters. The third-order valence-electron chi connectivity index (χ3n) is 3.04. The lowest BCUT2D eigenvalue weighted by Gasteiger charge is -2.22. The number of anilines is 2. The Morgan fingerprint density at radius 2 is 2.00 bits per heavy atom. The van der Waals surface area contributed by atoms with E-state index in [9.17, 15) is 0 Å². The summed E-state index contributed by atoms with van der Waals surface area (Å²) in [5.41, 5.74) is 7.88. The van der Waals surface area contributed by atoms with Crippen LogP contribution < -0.4 is 15.4 Å². The van der Waals surface area contributed by atoms with Crippen molar-refractivity contribution in [1.82, 2.24) is 9.97 Å². The largest absolute Gasteiger partial charge is 0.478 e. The van der Waals surface area contributed by atoms with Gasteiger partial charge in [0, 0.05) is 24.8 Å². The number of ether oxygens (including phenoxy) is 1. The van der Waals surface area contributed by atoms with Crippen molar-refractivity contribution in [2.45, 2.75) is 20.4 Å². The number of nitrogen functional groups attached to an aromatic ring is 1. The number of para-hydroxylation sites is 1. The van der Waals surface area contributed by atoms with Crippen LogP contribution in [0.2, 0.25) is 0 Å². The molecule has 0 saturated heterocycles. The maximum Gasteiger partial charge on any atom is 0.218 e. The molecule has 0 bridgehead atoms. The van der Waals surface area contributed by atoms with E-state index in [0.29, 0.717) is 19.0 Å². The van der Waals surface area contributed by atoms with Gasteiger partial charge in [-0.05, 0) is 25.5 Å². The number of rotatable bonds is 6. The molecule has 0 amide bonds. The second kappa shape index (κ2) is 6.75. The molecule has 2 rings (SSSR count). The normalized spacial score (nSPS) is 10.3. The molecule has 20 heavy (non-hydrogen) atoms. The maximum atomic E-state index is 6.00. The van der Waals surface area contributed by atoms with Gasteiger partial charge in [-0.15, -0.1) is 0 Å². The number of nitrogens with two attached hydrogens (primary N) is 1. The van der Waals surface area contributed by atoms with Gasteiger partial charge in [-0.25, -0.2) is 9.97 Å². The van der Waals surface area contributed by atoms with E-state index in [1.807, 2.05) is 37.3 Å². The summed E-state index contributed by atoms with van der Waals surface area (Å²) in [4.78, 5) is 10.5. The van der Waals surface area contributed by atoms with Gasteiger partial charge in [0.05, 0.1) is 6.61 Å². The predicted octanol–water partition coefficient (Wildman–Crippen LogP) is 2.48. The van der Waals surface area contributed by atoms with E-state index >= 15 is 0 Å². The molecule has 1 aromatic carbocycles. The molecule has 0 aliphatic rings. The molecule has 0 fully saturated rings. The summed E-state index contributed by atoms with van der Waals surface area (Å²) < 4.78 is 5.41. The quantitative estimate of drug-likeness (QED) is 0.818. The molecule has 2 N–H and O–H groups in total. The average molecular weight is 272 g/mol. The van der Waals surface area contributed by atoms with E-state index in [0.717, 1.165) is 23.6 Å². The molecule has 1 heterocycles. The van der Waals surface area contributed by atoms with Gasteiger partial charge in [-0.2, -0.15) is 0 Å². The van der Waals surface area contributed by atoms with Crippen LogP contribution in [-0.2, 0) is 6.54 Å². The van der Waals surface area contributed by atoms with E-state index in [1.54, 1.807) is 0 Å². The Bertz CT molecular complexity index is 559. The van der Waals surface area contributed by atoms with Gasteiger partial charge in [0.25, 0.3) is 0 Å². The molecule has 0 aliphatic heterocycles. The summed E-state index contributed by atoms with van der Waals surface area (Å²) in [5.74, 6) is 1.44. The van der Waals surface area contributed by atoms with Crippen molar-refractivity contribution < 1.29 is 4.74 Å². The summed E-state index contributed by atoms with van der Waals surface area (Å²) in [6.07, 6.45) is 1.53. The van der Waals surface area contributed by atoms with Crippen LogP contribution in [0.25, 0.3) is 0 Å². The van der Waals surface area contributed by atoms with Crippen LogP contribution in [0.4, 0.5) is 11.5 Å².